The van der Waals surface area contributed by atoms with Crippen LogP contribution in [0, 0.1) is 5.92 Å². The molecule has 0 radical (unpaired) electrons. The van der Waals surface area contributed by atoms with E-state index < -0.39 is 11.9 Å². The molecule has 0 spiro atoms. The number of carbonyl (C=O) groups is 2. The molecule has 0 aromatic rings. The Hall–Kier alpha value is -1.30. The monoisotopic (exact) mass is 270 g/mol. The van der Waals surface area contributed by atoms with Gasteiger partial charge in [0.25, 0.3) is 0 Å². The summed E-state index contributed by atoms with van der Waals surface area (Å²) < 4.78 is 5.41. The van der Waals surface area contributed by atoms with Gasteiger partial charge in [0.1, 0.15) is 0 Å². The van der Waals surface area contributed by atoms with Gasteiger partial charge in [-0.05, 0) is 26.7 Å². The predicted octanol–water partition coefficient (Wildman–Crippen LogP) is 1.01. The minimum absolute atomic E-state index is 0.0562. The second kappa shape index (κ2) is 5.36. The summed E-state index contributed by atoms with van der Waals surface area (Å²) in [5.41, 5.74) is -0.328. The minimum Gasteiger partial charge on any atom is -0.481 e. The van der Waals surface area contributed by atoms with Crippen LogP contribution in [-0.4, -0.2) is 65.3 Å². The fourth-order valence-electron chi connectivity index (χ4n) is 2.74. The van der Waals surface area contributed by atoms with Crippen molar-refractivity contribution in [1.29, 1.82) is 0 Å². The molecular formula is C13H22N2O4. The SMILES string of the molecule is CC1(C)COCCN1C(=O)N1CCCC(C(=O)O)C1. The zero-order valence-electron chi connectivity index (χ0n) is 11.6. The number of ether oxygens (including phenoxy) is 1. The van der Waals surface area contributed by atoms with Crippen LogP contribution in [0.1, 0.15) is 26.7 Å². The molecular weight excluding hydrogens is 248 g/mol. The molecule has 2 amide bonds. The van der Waals surface area contributed by atoms with E-state index in [2.05, 4.69) is 0 Å². The van der Waals surface area contributed by atoms with E-state index in [-0.39, 0.29) is 11.6 Å². The second-order valence-corrected chi connectivity index (χ2v) is 5.92. The number of hydrogen-bond donors (Lipinski definition) is 1. The molecule has 19 heavy (non-hydrogen) atoms. The van der Waals surface area contributed by atoms with Crippen molar-refractivity contribution in [2.45, 2.75) is 32.2 Å². The molecule has 1 N–H and O–H groups in total. The molecule has 2 aliphatic heterocycles. The molecule has 0 aliphatic carbocycles. The molecule has 2 fully saturated rings. The Bertz CT molecular complexity index is 370. The summed E-state index contributed by atoms with van der Waals surface area (Å²) >= 11 is 0. The summed E-state index contributed by atoms with van der Waals surface area (Å²) in [6, 6.07) is -0.0562. The summed E-state index contributed by atoms with van der Waals surface area (Å²) in [6.45, 7) is 6.56. The summed E-state index contributed by atoms with van der Waals surface area (Å²) in [6.07, 6.45) is 1.42. The van der Waals surface area contributed by atoms with Gasteiger partial charge in [0.15, 0.2) is 0 Å². The molecule has 2 heterocycles. The van der Waals surface area contributed by atoms with Gasteiger partial charge in [-0.25, -0.2) is 4.79 Å². The lowest BCUT2D eigenvalue weighted by atomic mass is 9.98. The number of amides is 2. The highest BCUT2D eigenvalue weighted by molar-refractivity contribution is 5.77. The quantitative estimate of drug-likeness (QED) is 0.772. The average molecular weight is 270 g/mol. The van der Waals surface area contributed by atoms with Gasteiger partial charge in [-0.2, -0.15) is 0 Å². The van der Waals surface area contributed by atoms with Gasteiger partial charge in [0, 0.05) is 19.6 Å². The number of carbonyl (C=O) groups excluding carboxylic acids is 1. The Morgan fingerprint density at radius 2 is 2.05 bits per heavy atom. The maximum absolute atomic E-state index is 12.5. The predicted molar refractivity (Wildman–Crippen MR) is 68.9 cm³/mol. The van der Waals surface area contributed by atoms with E-state index in [1.54, 1.807) is 9.80 Å². The molecule has 2 aliphatic rings. The molecule has 0 aromatic carbocycles. The first-order valence-corrected chi connectivity index (χ1v) is 6.79. The normalized spacial score (nSPS) is 27.2. The van der Waals surface area contributed by atoms with Gasteiger partial charge in [-0.15, -0.1) is 0 Å². The number of aliphatic carboxylic acids is 1. The molecule has 2 saturated heterocycles. The lowest BCUT2D eigenvalue weighted by Gasteiger charge is -2.45. The van der Waals surface area contributed by atoms with E-state index in [9.17, 15) is 9.59 Å². The smallest absolute Gasteiger partial charge is 0.320 e. The third-order valence-electron chi connectivity index (χ3n) is 3.92. The Morgan fingerprint density at radius 1 is 1.32 bits per heavy atom. The van der Waals surface area contributed by atoms with Crippen molar-refractivity contribution in [3.05, 3.63) is 0 Å². The second-order valence-electron chi connectivity index (χ2n) is 5.92. The standard InChI is InChI=1S/C13H22N2O4/c1-13(2)9-19-7-6-15(13)12(18)14-5-3-4-10(8-14)11(16)17/h10H,3-9H2,1-2H3,(H,16,17). The van der Waals surface area contributed by atoms with Crippen LogP contribution in [0.4, 0.5) is 4.79 Å². The number of urea groups is 1. The van der Waals surface area contributed by atoms with Crippen molar-refractivity contribution < 1.29 is 19.4 Å². The fraction of sp³-hybridized carbons (Fsp3) is 0.846. The molecule has 1 unspecified atom stereocenters. The zero-order chi connectivity index (χ0) is 14.0. The highest BCUT2D eigenvalue weighted by Crippen LogP contribution is 2.24. The first-order valence-electron chi connectivity index (χ1n) is 6.79. The molecule has 0 aromatic heterocycles. The van der Waals surface area contributed by atoms with Crippen molar-refractivity contribution in [1.82, 2.24) is 9.80 Å². The van der Waals surface area contributed by atoms with Crippen molar-refractivity contribution >= 4 is 12.0 Å². The van der Waals surface area contributed by atoms with Crippen LogP contribution in [0.3, 0.4) is 0 Å². The number of carboxylic acid groups (broad SMARTS) is 1. The van der Waals surface area contributed by atoms with Gasteiger partial charge < -0.3 is 19.6 Å². The Labute approximate surface area is 113 Å². The van der Waals surface area contributed by atoms with E-state index in [1.807, 2.05) is 13.8 Å². The molecule has 108 valence electrons. The number of hydrogen-bond acceptors (Lipinski definition) is 3. The lowest BCUT2D eigenvalue weighted by Crippen LogP contribution is -2.60. The number of carboxylic acids is 1. The average Bonchev–Trinajstić information content (AvgIpc) is 2.37. The van der Waals surface area contributed by atoms with Gasteiger partial charge in [-0.3, -0.25) is 4.79 Å². The topological polar surface area (TPSA) is 70.1 Å². The fourth-order valence-corrected chi connectivity index (χ4v) is 2.74. The maximum Gasteiger partial charge on any atom is 0.320 e. The van der Waals surface area contributed by atoms with Crippen LogP contribution in [0.15, 0.2) is 0 Å². The van der Waals surface area contributed by atoms with Crippen LogP contribution in [0.25, 0.3) is 0 Å². The molecule has 0 bridgehead atoms. The first kappa shape index (κ1) is 14.1. The number of nitrogens with zero attached hydrogens (tertiary/aromatic N) is 2. The van der Waals surface area contributed by atoms with Crippen LogP contribution < -0.4 is 0 Å². The van der Waals surface area contributed by atoms with Crippen LogP contribution in [-0.2, 0) is 9.53 Å². The van der Waals surface area contributed by atoms with Crippen molar-refractivity contribution in [3.63, 3.8) is 0 Å². The highest BCUT2D eigenvalue weighted by atomic mass is 16.5. The van der Waals surface area contributed by atoms with Gasteiger partial charge >= 0.3 is 12.0 Å². The zero-order valence-corrected chi connectivity index (χ0v) is 11.6. The van der Waals surface area contributed by atoms with E-state index in [0.29, 0.717) is 39.3 Å². The first-order chi connectivity index (χ1) is 8.92. The molecule has 6 heteroatoms. The largest absolute Gasteiger partial charge is 0.481 e. The van der Waals surface area contributed by atoms with E-state index in [1.165, 1.54) is 0 Å². The Morgan fingerprint density at radius 3 is 2.68 bits per heavy atom. The summed E-state index contributed by atoms with van der Waals surface area (Å²) in [5, 5.41) is 9.08. The van der Waals surface area contributed by atoms with Gasteiger partial charge in [0.2, 0.25) is 0 Å². The third kappa shape index (κ3) is 3.00. The lowest BCUT2D eigenvalue weighted by molar-refractivity contribution is -0.143. The minimum atomic E-state index is -0.807. The molecule has 2 rings (SSSR count). The molecule has 0 saturated carbocycles. The summed E-state index contributed by atoms with van der Waals surface area (Å²) in [5.74, 6) is -1.24. The number of likely N-dealkylation sites (tertiary alicyclic amines) is 1. The van der Waals surface area contributed by atoms with Crippen LogP contribution >= 0.6 is 0 Å². The van der Waals surface area contributed by atoms with Crippen LogP contribution in [0.2, 0.25) is 0 Å². The van der Waals surface area contributed by atoms with E-state index >= 15 is 0 Å². The summed E-state index contributed by atoms with van der Waals surface area (Å²) in [7, 11) is 0. The van der Waals surface area contributed by atoms with Crippen molar-refractivity contribution in [2.75, 3.05) is 32.8 Å². The third-order valence-corrected chi connectivity index (χ3v) is 3.92. The van der Waals surface area contributed by atoms with E-state index in [0.717, 1.165) is 6.42 Å². The Balaban J connectivity index is 2.04. The van der Waals surface area contributed by atoms with E-state index in [4.69, 9.17) is 9.84 Å². The molecule has 6 nitrogen and oxygen atoms in total. The Kier molecular flexibility index (Phi) is 3.99. The van der Waals surface area contributed by atoms with Gasteiger partial charge in [-0.1, -0.05) is 0 Å². The maximum atomic E-state index is 12.5. The summed E-state index contributed by atoms with van der Waals surface area (Å²) in [4.78, 5) is 27.1. The number of morpholine rings is 1. The van der Waals surface area contributed by atoms with Gasteiger partial charge in [0.05, 0.1) is 24.7 Å². The number of piperidine rings is 1. The van der Waals surface area contributed by atoms with Crippen molar-refractivity contribution in [2.24, 2.45) is 5.92 Å². The number of rotatable bonds is 1. The van der Waals surface area contributed by atoms with Crippen molar-refractivity contribution in [3.8, 4) is 0 Å². The highest BCUT2D eigenvalue weighted by Gasteiger charge is 2.38. The molecule has 1 atom stereocenters. The van der Waals surface area contributed by atoms with Crippen LogP contribution in [0.5, 0.6) is 0 Å².